The van der Waals surface area contributed by atoms with Gasteiger partial charge in [0.05, 0.1) is 27.2 Å². The fourth-order valence-corrected chi connectivity index (χ4v) is 2.23. The van der Waals surface area contributed by atoms with Crippen LogP contribution in [0.4, 0.5) is 17.1 Å². The van der Waals surface area contributed by atoms with Crippen molar-refractivity contribution in [2.24, 2.45) is 0 Å². The van der Waals surface area contributed by atoms with Crippen molar-refractivity contribution < 1.29 is 19.7 Å². The molecule has 0 aromatic heterocycles. The molecule has 0 heterocycles. The minimum absolute atomic E-state index is 0.105. The number of nitrogens with two attached hydrogens (primary N) is 1. The smallest absolute Gasteiger partial charge is 0.304 e. The molecule has 102 valence electrons. The monoisotopic (exact) mass is 287 g/mol. The number of carboxylic acids is 1. The molecule has 0 aliphatic rings. The van der Waals surface area contributed by atoms with Gasteiger partial charge in [-0.3, -0.25) is 25.0 Å². The highest BCUT2D eigenvalue weighted by Crippen LogP contribution is 2.36. The predicted octanol–water partition coefficient (Wildman–Crippen LogP) is 1.65. The lowest BCUT2D eigenvalue weighted by Gasteiger charge is -2.04. The van der Waals surface area contributed by atoms with Gasteiger partial charge in [0.15, 0.2) is 0 Å². The van der Waals surface area contributed by atoms with E-state index in [2.05, 4.69) is 0 Å². The lowest BCUT2D eigenvalue weighted by molar-refractivity contribution is -0.395. The van der Waals surface area contributed by atoms with Gasteiger partial charge in [-0.15, -0.1) is 11.8 Å². The van der Waals surface area contributed by atoms with E-state index < -0.39 is 27.2 Å². The summed E-state index contributed by atoms with van der Waals surface area (Å²) in [4.78, 5) is 30.3. The zero-order valence-electron chi connectivity index (χ0n) is 9.44. The van der Waals surface area contributed by atoms with Gasteiger partial charge in [-0.05, 0) is 6.07 Å². The van der Waals surface area contributed by atoms with E-state index in [4.69, 9.17) is 10.8 Å². The quantitative estimate of drug-likeness (QED) is 0.347. The third-order valence-corrected chi connectivity index (χ3v) is 3.12. The Morgan fingerprint density at radius 1 is 1.26 bits per heavy atom. The van der Waals surface area contributed by atoms with E-state index in [1.54, 1.807) is 0 Å². The molecule has 1 aromatic rings. The standard InChI is InChI=1S/C9H9N3O6S/c10-5-3-8(19-2-1-9(13)14)7(12(17)18)4-6(5)11(15)16/h3-4H,1-2,10H2,(H,13,14). The molecule has 0 radical (unpaired) electrons. The summed E-state index contributed by atoms with van der Waals surface area (Å²) < 4.78 is 0. The van der Waals surface area contributed by atoms with Gasteiger partial charge < -0.3 is 10.8 Å². The van der Waals surface area contributed by atoms with Gasteiger partial charge >= 0.3 is 5.97 Å². The van der Waals surface area contributed by atoms with Gasteiger partial charge in [-0.1, -0.05) is 0 Å². The topological polar surface area (TPSA) is 150 Å². The van der Waals surface area contributed by atoms with Crippen LogP contribution in [-0.2, 0) is 4.79 Å². The van der Waals surface area contributed by atoms with Gasteiger partial charge in [-0.25, -0.2) is 0 Å². The Kier molecular flexibility index (Phi) is 4.64. The Labute approximate surface area is 110 Å². The number of hydrogen-bond donors (Lipinski definition) is 2. The van der Waals surface area contributed by atoms with Crippen molar-refractivity contribution >= 4 is 34.8 Å². The Morgan fingerprint density at radius 2 is 1.84 bits per heavy atom. The van der Waals surface area contributed by atoms with E-state index in [0.717, 1.165) is 23.9 Å². The molecule has 1 rings (SSSR count). The summed E-state index contributed by atoms with van der Waals surface area (Å²) in [6.07, 6.45) is -0.182. The summed E-state index contributed by atoms with van der Waals surface area (Å²) in [5, 5.41) is 29.9. The molecule has 0 spiro atoms. The van der Waals surface area contributed by atoms with E-state index in [-0.39, 0.29) is 22.8 Å². The van der Waals surface area contributed by atoms with Crippen LogP contribution in [0.2, 0.25) is 0 Å². The third-order valence-electron chi connectivity index (χ3n) is 2.08. The van der Waals surface area contributed by atoms with Crippen molar-refractivity contribution in [3.63, 3.8) is 0 Å². The van der Waals surface area contributed by atoms with Crippen LogP contribution in [0.25, 0.3) is 0 Å². The first-order valence-electron chi connectivity index (χ1n) is 4.89. The molecule has 9 nitrogen and oxygen atoms in total. The van der Waals surface area contributed by atoms with E-state index >= 15 is 0 Å². The van der Waals surface area contributed by atoms with Gasteiger partial charge in [0.1, 0.15) is 5.69 Å². The fourth-order valence-electron chi connectivity index (χ4n) is 1.24. The number of aliphatic carboxylic acids is 1. The second-order valence-electron chi connectivity index (χ2n) is 3.39. The molecular weight excluding hydrogens is 278 g/mol. The van der Waals surface area contributed by atoms with E-state index in [9.17, 15) is 25.0 Å². The van der Waals surface area contributed by atoms with Crippen LogP contribution < -0.4 is 5.73 Å². The van der Waals surface area contributed by atoms with Crippen LogP contribution in [0, 0.1) is 20.2 Å². The number of anilines is 1. The highest BCUT2D eigenvalue weighted by molar-refractivity contribution is 7.99. The minimum atomic E-state index is -1.04. The first kappa shape index (κ1) is 14.7. The average Bonchev–Trinajstić information content (AvgIpc) is 2.27. The summed E-state index contributed by atoms with van der Waals surface area (Å²) >= 11 is 0.913. The highest BCUT2D eigenvalue weighted by atomic mass is 32.2. The van der Waals surface area contributed by atoms with Crippen molar-refractivity contribution in [1.82, 2.24) is 0 Å². The molecule has 0 saturated heterocycles. The van der Waals surface area contributed by atoms with Gasteiger partial charge in [-0.2, -0.15) is 0 Å². The second-order valence-corrected chi connectivity index (χ2v) is 4.52. The Hall–Kier alpha value is -2.36. The van der Waals surface area contributed by atoms with Crippen LogP contribution in [-0.4, -0.2) is 26.7 Å². The lowest BCUT2D eigenvalue weighted by Crippen LogP contribution is -2.01. The molecule has 0 atom stereocenters. The number of rotatable bonds is 6. The van der Waals surface area contributed by atoms with E-state index in [1.807, 2.05) is 0 Å². The number of nitro groups is 2. The Bertz CT molecular complexity index is 547. The second kappa shape index (κ2) is 6.00. The molecule has 0 amide bonds. The summed E-state index contributed by atoms with van der Waals surface area (Å²) in [5.41, 5.74) is 4.22. The Balaban J connectivity index is 3.09. The molecular formula is C9H9N3O6S. The number of nitrogens with zero attached hydrogens (tertiary/aromatic N) is 2. The maximum absolute atomic E-state index is 10.8. The summed E-state index contributed by atoms with van der Waals surface area (Å²) in [6, 6.07) is 1.89. The largest absolute Gasteiger partial charge is 0.481 e. The van der Waals surface area contributed by atoms with Gasteiger partial charge in [0.25, 0.3) is 11.4 Å². The summed E-state index contributed by atoms with van der Waals surface area (Å²) in [5.74, 6) is -0.932. The molecule has 10 heteroatoms. The van der Waals surface area contributed by atoms with Crippen LogP contribution in [0.1, 0.15) is 6.42 Å². The maximum Gasteiger partial charge on any atom is 0.304 e. The van der Waals surface area contributed by atoms with Crippen molar-refractivity contribution in [1.29, 1.82) is 0 Å². The first-order valence-corrected chi connectivity index (χ1v) is 5.88. The number of nitrogen functional groups attached to an aromatic ring is 1. The lowest BCUT2D eigenvalue weighted by atomic mass is 10.2. The predicted molar refractivity (Wildman–Crippen MR) is 67.1 cm³/mol. The van der Waals surface area contributed by atoms with E-state index in [1.165, 1.54) is 0 Å². The molecule has 19 heavy (non-hydrogen) atoms. The fraction of sp³-hybridized carbons (Fsp3) is 0.222. The number of carboxylic acid groups (broad SMARTS) is 1. The van der Waals surface area contributed by atoms with Crippen molar-refractivity contribution in [3.05, 3.63) is 32.4 Å². The van der Waals surface area contributed by atoms with Gasteiger partial charge in [0, 0.05) is 5.75 Å². The third kappa shape index (κ3) is 3.81. The van der Waals surface area contributed by atoms with Gasteiger partial charge in [0.2, 0.25) is 0 Å². The molecule has 3 N–H and O–H groups in total. The first-order chi connectivity index (χ1) is 8.82. The van der Waals surface area contributed by atoms with Crippen molar-refractivity contribution in [2.45, 2.75) is 11.3 Å². The van der Waals surface area contributed by atoms with Crippen LogP contribution in [0.5, 0.6) is 0 Å². The number of benzene rings is 1. The zero-order chi connectivity index (χ0) is 14.6. The van der Waals surface area contributed by atoms with Crippen molar-refractivity contribution in [3.8, 4) is 0 Å². The molecule has 1 aromatic carbocycles. The molecule has 0 aliphatic carbocycles. The van der Waals surface area contributed by atoms with Crippen LogP contribution >= 0.6 is 11.8 Å². The van der Waals surface area contributed by atoms with E-state index in [0.29, 0.717) is 0 Å². The normalized spacial score (nSPS) is 10.1. The maximum atomic E-state index is 10.8. The molecule has 0 saturated carbocycles. The summed E-state index contributed by atoms with van der Waals surface area (Å²) in [7, 11) is 0. The Morgan fingerprint density at radius 3 is 2.32 bits per heavy atom. The molecule has 0 aliphatic heterocycles. The van der Waals surface area contributed by atoms with Crippen LogP contribution in [0.3, 0.4) is 0 Å². The summed E-state index contributed by atoms with van der Waals surface area (Å²) in [6.45, 7) is 0. The minimum Gasteiger partial charge on any atom is -0.481 e. The molecule has 0 fully saturated rings. The SMILES string of the molecule is Nc1cc(SCCC(=O)O)c([N+](=O)[O-])cc1[N+](=O)[O-]. The number of thioether (sulfide) groups is 1. The molecule has 0 bridgehead atoms. The van der Waals surface area contributed by atoms with Crippen LogP contribution in [0.15, 0.2) is 17.0 Å². The zero-order valence-corrected chi connectivity index (χ0v) is 10.3. The number of nitro benzene ring substituents is 2. The molecule has 0 unspecified atom stereocenters. The van der Waals surface area contributed by atoms with Crippen molar-refractivity contribution in [2.75, 3.05) is 11.5 Å². The highest BCUT2D eigenvalue weighted by Gasteiger charge is 2.23. The average molecular weight is 287 g/mol. The number of hydrogen-bond acceptors (Lipinski definition) is 7. The number of carbonyl (C=O) groups is 1.